The van der Waals surface area contributed by atoms with Crippen LogP contribution in [0.2, 0.25) is 0 Å². The fourth-order valence-corrected chi connectivity index (χ4v) is 4.92. The molecule has 0 fully saturated rings. The van der Waals surface area contributed by atoms with E-state index in [2.05, 4.69) is 4.36 Å². The van der Waals surface area contributed by atoms with Crippen LogP contribution in [0.5, 0.6) is 0 Å². The Labute approximate surface area is 149 Å². The first-order valence-electron chi connectivity index (χ1n) is 8.10. The maximum Gasteiger partial charge on any atom is 0.127 e. The Kier molecular flexibility index (Phi) is 5.02. The first kappa shape index (κ1) is 17.4. The second-order valence-electron chi connectivity index (χ2n) is 5.87. The van der Waals surface area contributed by atoms with Crippen LogP contribution in [-0.4, -0.2) is 22.1 Å². The largest absolute Gasteiger partial charge is 0.379 e. The van der Waals surface area contributed by atoms with Crippen LogP contribution in [0.4, 0.5) is 0 Å². The second kappa shape index (κ2) is 7.21. The molecule has 0 saturated heterocycles. The van der Waals surface area contributed by atoms with Crippen molar-refractivity contribution in [2.75, 3.05) is 12.8 Å². The molecule has 3 aromatic rings. The number of hydrogen-bond acceptors (Lipinski definition) is 3. The number of hydrogen-bond donors (Lipinski definition) is 1. The number of aliphatic hydroxyl groups is 1. The van der Waals surface area contributed by atoms with Crippen LogP contribution in [0.3, 0.4) is 0 Å². The fraction of sp³-hybridized carbons (Fsp3) is 0.143. The van der Waals surface area contributed by atoms with Crippen molar-refractivity contribution in [3.63, 3.8) is 0 Å². The van der Waals surface area contributed by atoms with Crippen LogP contribution in [0.25, 0.3) is 0 Å². The summed E-state index contributed by atoms with van der Waals surface area (Å²) in [6, 6.07) is 27.8. The monoisotopic (exact) mass is 351 g/mol. The molecule has 0 radical (unpaired) electrons. The van der Waals surface area contributed by atoms with Gasteiger partial charge in [-0.05, 0) is 23.3 Å². The summed E-state index contributed by atoms with van der Waals surface area (Å²) >= 11 is 0. The molecule has 0 aromatic heterocycles. The summed E-state index contributed by atoms with van der Waals surface area (Å²) in [6.45, 7) is 0. The molecule has 3 rings (SSSR count). The zero-order chi connectivity index (χ0) is 17.8. The predicted molar refractivity (Wildman–Crippen MR) is 102 cm³/mol. The Morgan fingerprint density at radius 1 is 0.800 bits per heavy atom. The summed E-state index contributed by atoms with van der Waals surface area (Å²) in [5.41, 5.74) is 0.0107. The molecule has 128 valence electrons. The van der Waals surface area contributed by atoms with Gasteiger partial charge in [-0.15, -0.1) is 0 Å². The minimum Gasteiger partial charge on any atom is -0.379 e. The summed E-state index contributed by atoms with van der Waals surface area (Å²) < 4.78 is 17.8. The molecule has 0 aliphatic heterocycles. The standard InChI is InChI=1S/C21H21NO2S/c1-22-25(24,20-15-9-4-10-16-20)17-21(23,18-11-5-2-6-12-18)19-13-7-3-8-14-19/h2-16,23H,17H2,1H3/t25-/m0/s1. The number of nitrogens with zero attached hydrogens (tertiary/aromatic N) is 1. The Balaban J connectivity index is 2.15. The van der Waals surface area contributed by atoms with Gasteiger partial charge in [-0.1, -0.05) is 78.9 Å². The molecule has 4 heteroatoms. The molecule has 0 saturated carbocycles. The average molecular weight is 351 g/mol. The molecule has 0 spiro atoms. The van der Waals surface area contributed by atoms with Crippen molar-refractivity contribution in [2.45, 2.75) is 10.5 Å². The highest BCUT2D eigenvalue weighted by molar-refractivity contribution is 7.93. The van der Waals surface area contributed by atoms with E-state index in [4.69, 9.17) is 0 Å². The Hall–Kier alpha value is -2.43. The van der Waals surface area contributed by atoms with E-state index in [1.54, 1.807) is 19.2 Å². The normalized spacial score (nSPS) is 13.8. The van der Waals surface area contributed by atoms with Crippen LogP contribution in [-0.2, 0) is 15.3 Å². The van der Waals surface area contributed by atoms with Gasteiger partial charge in [0.25, 0.3) is 0 Å². The van der Waals surface area contributed by atoms with Crippen LogP contribution in [0.15, 0.2) is 100 Å². The van der Waals surface area contributed by atoms with E-state index in [0.717, 1.165) is 0 Å². The number of rotatable bonds is 5. The van der Waals surface area contributed by atoms with Crippen LogP contribution < -0.4 is 0 Å². The smallest absolute Gasteiger partial charge is 0.127 e. The second-order valence-corrected chi connectivity index (χ2v) is 8.28. The van der Waals surface area contributed by atoms with E-state index >= 15 is 0 Å². The first-order valence-corrected chi connectivity index (χ1v) is 9.78. The molecule has 25 heavy (non-hydrogen) atoms. The maximum absolute atomic E-state index is 13.6. The molecule has 0 unspecified atom stereocenters. The van der Waals surface area contributed by atoms with Crippen molar-refractivity contribution in [1.82, 2.24) is 0 Å². The van der Waals surface area contributed by atoms with E-state index in [0.29, 0.717) is 16.0 Å². The highest BCUT2D eigenvalue weighted by Crippen LogP contribution is 2.33. The average Bonchev–Trinajstić information content (AvgIpc) is 2.70. The zero-order valence-corrected chi connectivity index (χ0v) is 14.9. The predicted octanol–water partition coefficient (Wildman–Crippen LogP) is 4.08. The Morgan fingerprint density at radius 2 is 1.20 bits per heavy atom. The van der Waals surface area contributed by atoms with Crippen molar-refractivity contribution >= 4 is 9.73 Å². The highest BCUT2D eigenvalue weighted by atomic mass is 32.2. The summed E-state index contributed by atoms with van der Waals surface area (Å²) in [4.78, 5) is 0.628. The molecule has 0 bridgehead atoms. The van der Waals surface area contributed by atoms with Gasteiger partial charge in [-0.25, -0.2) is 8.57 Å². The van der Waals surface area contributed by atoms with Crippen molar-refractivity contribution in [3.8, 4) is 0 Å². The summed E-state index contributed by atoms with van der Waals surface area (Å²) in [5, 5.41) is 11.6. The highest BCUT2D eigenvalue weighted by Gasteiger charge is 2.36. The lowest BCUT2D eigenvalue weighted by Gasteiger charge is -2.30. The topological polar surface area (TPSA) is 49.7 Å². The summed E-state index contributed by atoms with van der Waals surface area (Å²) in [6.07, 6.45) is 0. The zero-order valence-electron chi connectivity index (χ0n) is 14.1. The van der Waals surface area contributed by atoms with Gasteiger partial charge in [0, 0.05) is 11.9 Å². The maximum atomic E-state index is 13.6. The van der Waals surface area contributed by atoms with Crippen molar-refractivity contribution in [3.05, 3.63) is 102 Å². The molecule has 1 atom stereocenters. The van der Waals surface area contributed by atoms with Gasteiger partial charge in [0.15, 0.2) is 0 Å². The van der Waals surface area contributed by atoms with Gasteiger partial charge in [0.1, 0.15) is 5.60 Å². The van der Waals surface area contributed by atoms with Gasteiger partial charge in [0.05, 0.1) is 15.5 Å². The Bertz CT molecular complexity index is 892. The molecule has 3 nitrogen and oxygen atoms in total. The SMILES string of the molecule is CN=[S@](=O)(CC(O)(c1ccccc1)c1ccccc1)c1ccccc1. The third kappa shape index (κ3) is 3.50. The Morgan fingerprint density at radius 3 is 1.60 bits per heavy atom. The van der Waals surface area contributed by atoms with Gasteiger partial charge >= 0.3 is 0 Å². The van der Waals surface area contributed by atoms with E-state index in [1.807, 2.05) is 78.9 Å². The van der Waals surface area contributed by atoms with Gasteiger partial charge in [-0.3, -0.25) is 0 Å². The van der Waals surface area contributed by atoms with Crippen molar-refractivity contribution < 1.29 is 9.32 Å². The third-order valence-electron chi connectivity index (χ3n) is 4.31. The molecular weight excluding hydrogens is 330 g/mol. The van der Waals surface area contributed by atoms with E-state index in [-0.39, 0.29) is 5.75 Å². The number of benzene rings is 3. The molecule has 0 heterocycles. The summed E-state index contributed by atoms with van der Waals surface area (Å²) in [5.74, 6) is -0.00542. The fourth-order valence-electron chi connectivity index (χ4n) is 2.93. The molecule has 0 amide bonds. The van der Waals surface area contributed by atoms with E-state index < -0.39 is 15.3 Å². The minimum atomic E-state index is -2.78. The first-order chi connectivity index (χ1) is 12.1. The van der Waals surface area contributed by atoms with Crippen LogP contribution in [0.1, 0.15) is 11.1 Å². The van der Waals surface area contributed by atoms with E-state index in [9.17, 15) is 9.32 Å². The van der Waals surface area contributed by atoms with Crippen LogP contribution >= 0.6 is 0 Å². The van der Waals surface area contributed by atoms with Crippen molar-refractivity contribution in [1.29, 1.82) is 0 Å². The van der Waals surface area contributed by atoms with Crippen molar-refractivity contribution in [2.24, 2.45) is 4.36 Å². The molecule has 0 aliphatic carbocycles. The molecular formula is C21H21NO2S. The van der Waals surface area contributed by atoms with Gasteiger partial charge in [0.2, 0.25) is 0 Å². The van der Waals surface area contributed by atoms with Crippen LogP contribution in [0, 0.1) is 0 Å². The van der Waals surface area contributed by atoms with E-state index in [1.165, 1.54) is 0 Å². The molecule has 0 aliphatic rings. The lowest BCUT2D eigenvalue weighted by molar-refractivity contribution is 0.106. The lowest BCUT2D eigenvalue weighted by Crippen LogP contribution is -2.35. The quantitative estimate of drug-likeness (QED) is 0.753. The van der Waals surface area contributed by atoms with Gasteiger partial charge in [-0.2, -0.15) is 0 Å². The van der Waals surface area contributed by atoms with Gasteiger partial charge < -0.3 is 5.11 Å². The minimum absolute atomic E-state index is 0.00542. The summed E-state index contributed by atoms with van der Waals surface area (Å²) in [7, 11) is -1.24. The lowest BCUT2D eigenvalue weighted by atomic mass is 9.88. The third-order valence-corrected chi connectivity index (χ3v) is 6.72. The molecule has 1 N–H and O–H groups in total. The molecule has 3 aromatic carbocycles.